The number of nitrogens with one attached hydrogen (secondary N) is 2. The lowest BCUT2D eigenvalue weighted by molar-refractivity contribution is 0.122. The first-order valence-corrected chi connectivity index (χ1v) is 8.88. The molecule has 8 heteroatoms. The Morgan fingerprint density at radius 3 is 2.37 bits per heavy atom. The molecule has 0 spiro atoms. The molecule has 1 aliphatic rings. The van der Waals surface area contributed by atoms with Crippen LogP contribution in [0.15, 0.2) is 18.2 Å². The third kappa shape index (κ3) is 4.46. The number of aromatic nitrogens is 2. The zero-order valence-corrected chi connectivity index (χ0v) is 16.1. The molecule has 0 atom stereocenters. The maximum absolute atomic E-state index is 12.4. The summed E-state index contributed by atoms with van der Waals surface area (Å²) >= 11 is 0. The van der Waals surface area contributed by atoms with Gasteiger partial charge < -0.3 is 25.0 Å². The standard InChI is InChI=1S/C19H25N5O3/c1-12-11-15(26-4)5-6-16(12)22-19(25)23-17-13(2)20-18(21-14(17)3)24-7-9-27-10-8-24/h5-6,11H,7-10H2,1-4H3,(H2,22,23,25). The maximum atomic E-state index is 12.4. The first-order valence-electron chi connectivity index (χ1n) is 8.88. The van der Waals surface area contributed by atoms with Gasteiger partial charge in [0.15, 0.2) is 0 Å². The lowest BCUT2D eigenvalue weighted by Crippen LogP contribution is -2.37. The zero-order chi connectivity index (χ0) is 19.4. The van der Waals surface area contributed by atoms with Crippen molar-refractivity contribution in [1.82, 2.24) is 9.97 Å². The molecule has 3 rings (SSSR count). The number of amides is 2. The van der Waals surface area contributed by atoms with Crippen LogP contribution in [0.1, 0.15) is 17.0 Å². The van der Waals surface area contributed by atoms with Crippen molar-refractivity contribution in [3.8, 4) is 5.75 Å². The van der Waals surface area contributed by atoms with Gasteiger partial charge in [-0.25, -0.2) is 14.8 Å². The number of carbonyl (C=O) groups is 1. The van der Waals surface area contributed by atoms with E-state index in [-0.39, 0.29) is 6.03 Å². The van der Waals surface area contributed by atoms with Gasteiger partial charge in [0.2, 0.25) is 5.95 Å². The number of nitrogens with zero attached hydrogens (tertiary/aromatic N) is 3. The number of aryl methyl sites for hydroxylation is 3. The van der Waals surface area contributed by atoms with Crippen molar-refractivity contribution in [2.45, 2.75) is 20.8 Å². The Labute approximate surface area is 158 Å². The minimum absolute atomic E-state index is 0.336. The molecule has 0 aliphatic carbocycles. The molecular weight excluding hydrogens is 346 g/mol. The Balaban J connectivity index is 1.72. The Morgan fingerprint density at radius 1 is 1.11 bits per heavy atom. The molecule has 1 aliphatic heterocycles. The first kappa shape index (κ1) is 18.9. The molecule has 1 saturated heterocycles. The van der Waals surface area contributed by atoms with Crippen LogP contribution in [-0.4, -0.2) is 49.4 Å². The molecular formula is C19H25N5O3. The number of methoxy groups -OCH3 is 1. The number of benzene rings is 1. The van der Waals surface area contributed by atoms with Gasteiger partial charge in [0.25, 0.3) is 0 Å². The number of ether oxygens (including phenoxy) is 2. The van der Waals surface area contributed by atoms with E-state index in [1.54, 1.807) is 13.2 Å². The van der Waals surface area contributed by atoms with Crippen molar-refractivity contribution in [2.75, 3.05) is 48.9 Å². The topological polar surface area (TPSA) is 88.6 Å². The summed E-state index contributed by atoms with van der Waals surface area (Å²) < 4.78 is 10.6. The molecule has 144 valence electrons. The van der Waals surface area contributed by atoms with Crippen LogP contribution in [0.25, 0.3) is 0 Å². The second-order valence-electron chi connectivity index (χ2n) is 6.43. The quantitative estimate of drug-likeness (QED) is 0.859. The number of rotatable bonds is 4. The lowest BCUT2D eigenvalue weighted by Gasteiger charge is -2.27. The molecule has 0 radical (unpaired) electrons. The Bertz CT molecular complexity index is 811. The molecule has 0 bridgehead atoms. The smallest absolute Gasteiger partial charge is 0.323 e. The van der Waals surface area contributed by atoms with Crippen molar-refractivity contribution in [3.05, 3.63) is 35.2 Å². The van der Waals surface area contributed by atoms with Crippen molar-refractivity contribution >= 4 is 23.4 Å². The van der Waals surface area contributed by atoms with E-state index < -0.39 is 0 Å². The van der Waals surface area contributed by atoms with Gasteiger partial charge in [-0.3, -0.25) is 0 Å². The summed E-state index contributed by atoms with van der Waals surface area (Å²) in [5.41, 5.74) is 3.71. The van der Waals surface area contributed by atoms with E-state index in [4.69, 9.17) is 9.47 Å². The van der Waals surface area contributed by atoms with Crippen LogP contribution < -0.4 is 20.3 Å². The van der Waals surface area contributed by atoms with E-state index in [1.807, 2.05) is 32.9 Å². The highest BCUT2D eigenvalue weighted by Crippen LogP contribution is 2.23. The summed E-state index contributed by atoms with van der Waals surface area (Å²) in [6.07, 6.45) is 0. The summed E-state index contributed by atoms with van der Waals surface area (Å²) in [7, 11) is 1.61. The highest BCUT2D eigenvalue weighted by Gasteiger charge is 2.18. The highest BCUT2D eigenvalue weighted by molar-refractivity contribution is 6.00. The van der Waals surface area contributed by atoms with Crippen molar-refractivity contribution in [1.29, 1.82) is 0 Å². The fourth-order valence-corrected chi connectivity index (χ4v) is 2.95. The molecule has 2 amide bonds. The minimum atomic E-state index is -0.336. The predicted octanol–water partition coefficient (Wildman–Crippen LogP) is 2.89. The second kappa shape index (κ2) is 8.22. The molecule has 1 aromatic heterocycles. The fourth-order valence-electron chi connectivity index (χ4n) is 2.95. The Kier molecular flexibility index (Phi) is 5.75. The van der Waals surface area contributed by atoms with Gasteiger partial charge in [0.05, 0.1) is 37.4 Å². The summed E-state index contributed by atoms with van der Waals surface area (Å²) in [5.74, 6) is 1.42. The van der Waals surface area contributed by atoms with E-state index in [0.717, 1.165) is 41.5 Å². The second-order valence-corrected chi connectivity index (χ2v) is 6.43. The molecule has 0 saturated carbocycles. The Morgan fingerprint density at radius 2 is 1.78 bits per heavy atom. The van der Waals surface area contributed by atoms with Crippen molar-refractivity contribution < 1.29 is 14.3 Å². The number of anilines is 3. The molecule has 1 aromatic carbocycles. The fraction of sp³-hybridized carbons (Fsp3) is 0.421. The van der Waals surface area contributed by atoms with E-state index in [0.29, 0.717) is 24.8 Å². The number of hydrogen-bond acceptors (Lipinski definition) is 6. The van der Waals surface area contributed by atoms with Gasteiger partial charge in [-0.05, 0) is 44.5 Å². The summed E-state index contributed by atoms with van der Waals surface area (Å²) in [6, 6.07) is 5.15. The molecule has 2 N–H and O–H groups in total. The molecule has 1 fully saturated rings. The van der Waals surface area contributed by atoms with E-state index in [9.17, 15) is 4.79 Å². The normalized spacial score (nSPS) is 14.0. The molecule has 0 unspecified atom stereocenters. The van der Waals surface area contributed by atoms with Crippen LogP contribution >= 0.6 is 0 Å². The van der Waals surface area contributed by atoms with Crippen LogP contribution in [0.2, 0.25) is 0 Å². The summed E-state index contributed by atoms with van der Waals surface area (Å²) in [6.45, 7) is 8.52. The first-order chi connectivity index (χ1) is 13.0. The SMILES string of the molecule is COc1ccc(NC(=O)Nc2c(C)nc(N3CCOCC3)nc2C)c(C)c1. The monoisotopic (exact) mass is 371 g/mol. The van der Waals surface area contributed by atoms with E-state index in [2.05, 4.69) is 25.5 Å². The van der Waals surface area contributed by atoms with E-state index >= 15 is 0 Å². The van der Waals surface area contributed by atoms with Gasteiger partial charge in [-0.15, -0.1) is 0 Å². The zero-order valence-electron chi connectivity index (χ0n) is 16.1. The third-order valence-electron chi connectivity index (χ3n) is 4.47. The Hall–Kier alpha value is -2.87. The summed E-state index contributed by atoms with van der Waals surface area (Å²) in [4.78, 5) is 23.7. The molecule has 27 heavy (non-hydrogen) atoms. The number of carbonyl (C=O) groups excluding carboxylic acids is 1. The van der Waals surface area contributed by atoms with Crippen molar-refractivity contribution in [3.63, 3.8) is 0 Å². The molecule has 8 nitrogen and oxygen atoms in total. The van der Waals surface area contributed by atoms with Gasteiger partial charge in [0.1, 0.15) is 5.75 Å². The number of morpholine rings is 1. The molecule has 2 aromatic rings. The summed E-state index contributed by atoms with van der Waals surface area (Å²) in [5, 5.41) is 5.72. The number of hydrogen-bond donors (Lipinski definition) is 2. The third-order valence-corrected chi connectivity index (χ3v) is 4.47. The molecule has 2 heterocycles. The highest BCUT2D eigenvalue weighted by atomic mass is 16.5. The lowest BCUT2D eigenvalue weighted by atomic mass is 10.2. The number of urea groups is 1. The van der Waals surface area contributed by atoms with Gasteiger partial charge in [-0.1, -0.05) is 0 Å². The van der Waals surface area contributed by atoms with E-state index in [1.165, 1.54) is 0 Å². The van der Waals surface area contributed by atoms with Crippen LogP contribution in [-0.2, 0) is 4.74 Å². The van der Waals surface area contributed by atoms with Crippen LogP contribution in [0, 0.1) is 20.8 Å². The maximum Gasteiger partial charge on any atom is 0.323 e. The van der Waals surface area contributed by atoms with Crippen molar-refractivity contribution in [2.24, 2.45) is 0 Å². The predicted molar refractivity (Wildman–Crippen MR) is 105 cm³/mol. The average Bonchev–Trinajstić information content (AvgIpc) is 2.67. The van der Waals surface area contributed by atoms with Crippen LogP contribution in [0.5, 0.6) is 5.75 Å². The largest absolute Gasteiger partial charge is 0.497 e. The van der Waals surface area contributed by atoms with Gasteiger partial charge in [-0.2, -0.15) is 0 Å². The van der Waals surface area contributed by atoms with Crippen LogP contribution in [0.3, 0.4) is 0 Å². The van der Waals surface area contributed by atoms with Gasteiger partial charge in [0, 0.05) is 18.8 Å². The van der Waals surface area contributed by atoms with Crippen LogP contribution in [0.4, 0.5) is 22.1 Å². The average molecular weight is 371 g/mol. The van der Waals surface area contributed by atoms with Gasteiger partial charge >= 0.3 is 6.03 Å². The minimum Gasteiger partial charge on any atom is -0.497 e.